The third kappa shape index (κ3) is 7.67. The Hall–Kier alpha value is -0.230. The molecule has 0 aromatic carbocycles. The Morgan fingerprint density at radius 1 is 1.64 bits per heavy atom. The predicted molar refractivity (Wildman–Crippen MR) is 50.8 cm³/mol. The van der Waals surface area contributed by atoms with E-state index in [2.05, 4.69) is 17.7 Å². The Morgan fingerprint density at radius 2 is 2.09 bits per heavy atom. The van der Waals surface area contributed by atoms with Gasteiger partial charge in [-0.05, 0) is 0 Å². The van der Waals surface area contributed by atoms with Crippen molar-refractivity contribution in [1.29, 1.82) is 0 Å². The maximum atomic E-state index is 9.85. The molecule has 0 aromatic heterocycles. The number of thiol groups is 1. The Kier molecular flexibility index (Phi) is 3.88. The lowest BCUT2D eigenvalue weighted by atomic mass is 10.3. The molecule has 0 amide bonds. The molecular formula is C5H10N2O2S2. The quantitative estimate of drug-likeness (QED) is 0.228. The van der Waals surface area contributed by atoms with Crippen LogP contribution >= 0.6 is 24.4 Å². The van der Waals surface area contributed by atoms with Crippen molar-refractivity contribution in [3.63, 3.8) is 0 Å². The monoisotopic (exact) mass is 194 g/mol. The normalized spacial score (nSPS) is 13.3. The number of nitrogens with zero attached hydrogens (tertiary/aromatic N) is 2. The Labute approximate surface area is 75.0 Å². The van der Waals surface area contributed by atoms with Gasteiger partial charge in [0, 0.05) is 4.75 Å². The molecule has 0 spiro atoms. The largest absolute Gasteiger partial charge is 0.233 e. The molecule has 0 aliphatic heterocycles. The van der Waals surface area contributed by atoms with Crippen molar-refractivity contribution in [1.82, 2.24) is 0 Å². The summed E-state index contributed by atoms with van der Waals surface area (Å²) in [6, 6.07) is 0. The number of rotatable bonds is 1. The van der Waals surface area contributed by atoms with Crippen molar-refractivity contribution in [3.8, 4) is 0 Å². The molecule has 0 heterocycles. The summed E-state index contributed by atoms with van der Waals surface area (Å²) in [6.45, 7) is 5.80. The molecule has 0 atom stereocenters. The maximum absolute atomic E-state index is 9.85. The first-order valence-electron chi connectivity index (χ1n) is 2.92. The maximum Gasteiger partial charge on any atom is 0.201 e. The minimum Gasteiger partial charge on any atom is -0.233 e. The molecule has 0 aliphatic carbocycles. The van der Waals surface area contributed by atoms with Crippen molar-refractivity contribution < 1.29 is 5.03 Å². The smallest absolute Gasteiger partial charge is 0.201 e. The summed E-state index contributed by atoms with van der Waals surface area (Å²) in [7, 11) is 0. The van der Waals surface area contributed by atoms with E-state index in [4.69, 9.17) is 0 Å². The first kappa shape index (κ1) is 10.8. The van der Waals surface area contributed by atoms with Crippen LogP contribution in [-0.4, -0.2) is 14.2 Å². The molecule has 11 heavy (non-hydrogen) atoms. The second-order valence-corrected chi connectivity index (χ2v) is 5.38. The first-order valence-corrected chi connectivity index (χ1v) is 4.18. The fourth-order valence-corrected chi connectivity index (χ4v) is 1.91. The van der Waals surface area contributed by atoms with E-state index in [9.17, 15) is 10.1 Å². The van der Waals surface area contributed by atoms with Gasteiger partial charge in [0.2, 0.25) is 4.38 Å². The minimum atomic E-state index is -0.749. The molecule has 64 valence electrons. The van der Waals surface area contributed by atoms with Gasteiger partial charge in [0.1, 0.15) is 0 Å². The van der Waals surface area contributed by atoms with E-state index in [1.807, 2.05) is 20.8 Å². The molecular weight excluding hydrogens is 184 g/mol. The second kappa shape index (κ2) is 3.96. The fourth-order valence-electron chi connectivity index (χ4n) is 0.364. The zero-order valence-electron chi connectivity index (χ0n) is 6.57. The standard InChI is InChI=1S/C5H10N2O2S2/c1-5(2,3)11-4(10)6-7(8)9/h1-3H3,(H,6,10). The van der Waals surface area contributed by atoms with Crippen LogP contribution in [0.3, 0.4) is 0 Å². The topological polar surface area (TPSA) is 55.5 Å². The zero-order valence-corrected chi connectivity index (χ0v) is 8.28. The highest BCUT2D eigenvalue weighted by Gasteiger charge is 2.14. The van der Waals surface area contributed by atoms with Crippen LogP contribution in [0, 0.1) is 10.1 Å². The fraction of sp³-hybridized carbons (Fsp3) is 0.800. The molecule has 0 bridgehead atoms. The van der Waals surface area contributed by atoms with E-state index in [1.54, 1.807) is 0 Å². The second-order valence-electron chi connectivity index (χ2n) is 2.83. The zero-order chi connectivity index (χ0) is 9.07. The van der Waals surface area contributed by atoms with Gasteiger partial charge in [-0.2, -0.15) is 0 Å². The summed E-state index contributed by atoms with van der Waals surface area (Å²) in [4.78, 5) is 9.85. The minimum absolute atomic E-state index is 0.0867. The third-order valence-corrected chi connectivity index (χ3v) is 1.80. The Bertz CT molecular complexity index is 185. The van der Waals surface area contributed by atoms with Gasteiger partial charge in [-0.3, -0.25) is 0 Å². The van der Waals surface area contributed by atoms with Crippen LogP contribution in [0.1, 0.15) is 20.8 Å². The summed E-state index contributed by atoms with van der Waals surface area (Å²) in [5.41, 5.74) is 0. The average molecular weight is 194 g/mol. The highest BCUT2D eigenvalue weighted by Crippen LogP contribution is 2.25. The molecule has 4 nitrogen and oxygen atoms in total. The molecule has 0 saturated carbocycles. The van der Waals surface area contributed by atoms with Crippen LogP contribution in [0.5, 0.6) is 0 Å². The van der Waals surface area contributed by atoms with Gasteiger partial charge in [0.05, 0.1) is 5.10 Å². The van der Waals surface area contributed by atoms with Crippen LogP contribution in [0.15, 0.2) is 5.10 Å². The molecule has 0 rings (SSSR count). The highest BCUT2D eigenvalue weighted by atomic mass is 32.2. The Balaban J connectivity index is 4.07. The van der Waals surface area contributed by atoms with Crippen LogP contribution in [0.2, 0.25) is 0 Å². The van der Waals surface area contributed by atoms with Crippen LogP contribution in [-0.2, 0) is 0 Å². The molecule has 6 heteroatoms. The van der Waals surface area contributed by atoms with E-state index in [0.717, 1.165) is 0 Å². The van der Waals surface area contributed by atoms with Crippen molar-refractivity contribution in [2.24, 2.45) is 5.10 Å². The van der Waals surface area contributed by atoms with Crippen LogP contribution in [0.4, 0.5) is 0 Å². The summed E-state index contributed by atoms with van der Waals surface area (Å²) >= 11 is 5.09. The lowest BCUT2D eigenvalue weighted by Crippen LogP contribution is -2.09. The van der Waals surface area contributed by atoms with E-state index < -0.39 is 5.03 Å². The van der Waals surface area contributed by atoms with Gasteiger partial charge in [-0.25, -0.2) is 10.1 Å². The van der Waals surface area contributed by atoms with Crippen molar-refractivity contribution >= 4 is 28.8 Å². The van der Waals surface area contributed by atoms with Crippen molar-refractivity contribution in [3.05, 3.63) is 10.1 Å². The molecule has 0 unspecified atom stereocenters. The molecule has 0 aromatic rings. The number of hydrogen-bond acceptors (Lipinski definition) is 3. The van der Waals surface area contributed by atoms with Crippen LogP contribution < -0.4 is 0 Å². The molecule has 0 N–H and O–H groups in total. The van der Waals surface area contributed by atoms with Gasteiger partial charge in [0.25, 0.3) is 0 Å². The highest BCUT2D eigenvalue weighted by molar-refractivity contribution is 8.33. The summed E-state index contributed by atoms with van der Waals surface area (Å²) < 4.78 is 0.0962. The van der Waals surface area contributed by atoms with Gasteiger partial charge in [-0.1, -0.05) is 32.5 Å². The molecule has 0 aliphatic rings. The number of hydrazone groups is 1. The lowest BCUT2D eigenvalue weighted by molar-refractivity contribution is -0.484. The first-order chi connectivity index (χ1) is 4.81. The van der Waals surface area contributed by atoms with E-state index in [0.29, 0.717) is 0 Å². The summed E-state index contributed by atoms with van der Waals surface area (Å²) in [6.07, 6.45) is 0. The number of nitro groups is 1. The molecule has 0 saturated heterocycles. The molecule has 0 radical (unpaired) electrons. The SMILES string of the molecule is CC(C)(C)SC(S)=N[N+](=O)[O-]. The predicted octanol–water partition coefficient (Wildman–Crippen LogP) is 2.00. The lowest BCUT2D eigenvalue weighted by Gasteiger charge is -2.14. The Morgan fingerprint density at radius 3 is 2.36 bits per heavy atom. The van der Waals surface area contributed by atoms with Gasteiger partial charge < -0.3 is 0 Å². The average Bonchev–Trinajstić information content (AvgIpc) is 1.53. The molecule has 0 fully saturated rings. The van der Waals surface area contributed by atoms with Gasteiger partial charge in [0.15, 0.2) is 5.03 Å². The van der Waals surface area contributed by atoms with Gasteiger partial charge in [-0.15, -0.1) is 12.6 Å². The third-order valence-electron chi connectivity index (χ3n) is 0.565. The van der Waals surface area contributed by atoms with E-state index in [-0.39, 0.29) is 9.12 Å². The van der Waals surface area contributed by atoms with Crippen molar-refractivity contribution in [2.45, 2.75) is 25.5 Å². The van der Waals surface area contributed by atoms with Gasteiger partial charge >= 0.3 is 0 Å². The summed E-state index contributed by atoms with van der Waals surface area (Å²) in [5.74, 6) is 0. The van der Waals surface area contributed by atoms with E-state index >= 15 is 0 Å². The van der Waals surface area contributed by atoms with Crippen LogP contribution in [0.25, 0.3) is 0 Å². The van der Waals surface area contributed by atoms with Crippen molar-refractivity contribution in [2.75, 3.05) is 0 Å². The number of hydrogen-bond donors (Lipinski definition) is 1. The van der Waals surface area contributed by atoms with E-state index in [1.165, 1.54) is 11.8 Å². The summed E-state index contributed by atoms with van der Waals surface area (Å²) in [5, 5.41) is 12.1. The number of thioether (sulfide) groups is 1.